The van der Waals surface area contributed by atoms with Crippen molar-refractivity contribution in [2.24, 2.45) is 0 Å². The van der Waals surface area contributed by atoms with Crippen LogP contribution in [-0.2, 0) is 0 Å². The zero-order chi connectivity index (χ0) is 10.9. The number of alkyl halides is 2. The van der Waals surface area contributed by atoms with Gasteiger partial charge < -0.3 is 5.11 Å². The third-order valence-corrected chi connectivity index (χ3v) is 3.19. The zero-order valence-corrected chi connectivity index (χ0v) is 11.6. The smallest absolute Gasteiger partial charge is 0.137 e. The van der Waals surface area contributed by atoms with E-state index in [1.54, 1.807) is 0 Å². The van der Waals surface area contributed by atoms with Crippen LogP contribution in [0.1, 0.15) is 22.8 Å². The molecule has 0 radical (unpaired) electrons. The molecule has 1 rings (SSSR count). The van der Waals surface area contributed by atoms with Crippen molar-refractivity contribution in [1.82, 2.24) is 0 Å². The van der Waals surface area contributed by atoms with Crippen LogP contribution in [-0.4, -0.2) is 9.94 Å². The summed E-state index contributed by atoms with van der Waals surface area (Å²) in [5.74, 6) is 0. The fraction of sp³-hybridized carbons (Fsp3) is 0.400. The third kappa shape index (κ3) is 2.75. The fourth-order valence-electron chi connectivity index (χ4n) is 1.51. The highest BCUT2D eigenvalue weighted by Crippen LogP contribution is 2.30. The van der Waals surface area contributed by atoms with E-state index in [2.05, 4.69) is 22.6 Å². The first-order chi connectivity index (χ1) is 6.43. The zero-order valence-electron chi connectivity index (χ0n) is 7.89. The number of rotatable bonds is 2. The molecule has 1 N–H and O–H groups in total. The summed E-state index contributed by atoms with van der Waals surface area (Å²) in [5, 5.41) is 9.78. The summed E-state index contributed by atoms with van der Waals surface area (Å²) >= 11 is 13.6. The normalized spacial score (nSPS) is 13.4. The molecule has 0 aliphatic rings. The Morgan fingerprint density at radius 1 is 1.21 bits per heavy atom. The van der Waals surface area contributed by atoms with Gasteiger partial charge in [-0.2, -0.15) is 0 Å². The van der Waals surface area contributed by atoms with Crippen LogP contribution in [0.15, 0.2) is 12.1 Å². The fourth-order valence-corrected chi connectivity index (χ4v) is 2.70. The van der Waals surface area contributed by atoms with Gasteiger partial charge in [0.15, 0.2) is 0 Å². The second-order valence-electron chi connectivity index (χ2n) is 3.23. The first-order valence-corrected chi connectivity index (χ1v) is 6.11. The van der Waals surface area contributed by atoms with Crippen molar-refractivity contribution in [2.45, 2.75) is 24.8 Å². The van der Waals surface area contributed by atoms with Gasteiger partial charge in [0.25, 0.3) is 0 Å². The lowest BCUT2D eigenvalue weighted by Crippen LogP contribution is -2.10. The van der Waals surface area contributed by atoms with E-state index in [4.69, 9.17) is 23.2 Å². The topological polar surface area (TPSA) is 20.2 Å². The van der Waals surface area contributed by atoms with Crippen LogP contribution in [0, 0.1) is 17.4 Å². The van der Waals surface area contributed by atoms with Gasteiger partial charge in [0, 0.05) is 3.57 Å². The number of aliphatic hydroxyl groups excluding tert-OH is 1. The van der Waals surface area contributed by atoms with Crippen molar-refractivity contribution in [2.75, 3.05) is 0 Å². The molecule has 78 valence electrons. The summed E-state index contributed by atoms with van der Waals surface area (Å²) < 4.78 is 1.15. The van der Waals surface area contributed by atoms with Crippen LogP contribution in [0.2, 0.25) is 0 Å². The average molecular weight is 345 g/mol. The van der Waals surface area contributed by atoms with E-state index < -0.39 is 10.9 Å². The maximum Gasteiger partial charge on any atom is 0.137 e. The summed E-state index contributed by atoms with van der Waals surface area (Å²) in [6.45, 7) is 3.90. The molecule has 0 aliphatic heterocycles. The van der Waals surface area contributed by atoms with Crippen molar-refractivity contribution in [3.05, 3.63) is 32.4 Å². The Morgan fingerprint density at radius 2 is 1.64 bits per heavy atom. The molecule has 1 atom stereocenters. The summed E-state index contributed by atoms with van der Waals surface area (Å²) in [4.78, 5) is -0.785. The van der Waals surface area contributed by atoms with Crippen molar-refractivity contribution in [3.63, 3.8) is 0 Å². The first-order valence-electron chi connectivity index (χ1n) is 4.16. The summed E-state index contributed by atoms with van der Waals surface area (Å²) in [7, 11) is 0. The maximum atomic E-state index is 9.78. The molecule has 0 bridgehead atoms. The third-order valence-electron chi connectivity index (χ3n) is 2.09. The molecule has 0 spiro atoms. The lowest BCUT2D eigenvalue weighted by atomic mass is 9.99. The molecule has 0 saturated heterocycles. The number of aliphatic hydroxyl groups is 1. The molecule has 0 fully saturated rings. The predicted molar refractivity (Wildman–Crippen MR) is 69.1 cm³/mol. The van der Waals surface area contributed by atoms with Crippen LogP contribution in [0.3, 0.4) is 0 Å². The van der Waals surface area contributed by atoms with Crippen LogP contribution in [0.4, 0.5) is 0 Å². The van der Waals surface area contributed by atoms with Gasteiger partial charge in [-0.05, 0) is 65.3 Å². The minimum atomic E-state index is -0.810. The van der Waals surface area contributed by atoms with Crippen LogP contribution in [0.25, 0.3) is 0 Å². The molecule has 1 unspecified atom stereocenters. The van der Waals surface area contributed by atoms with Crippen molar-refractivity contribution >= 4 is 45.8 Å². The molecule has 0 heterocycles. The second-order valence-corrected chi connectivity index (χ2v) is 5.64. The Morgan fingerprint density at radius 3 is 2.00 bits per heavy atom. The second kappa shape index (κ2) is 5.01. The quantitative estimate of drug-likeness (QED) is 0.640. The SMILES string of the molecule is Cc1cc(I)cc(C)c1C(O)C(Cl)Cl. The minimum absolute atomic E-state index is 0.785. The monoisotopic (exact) mass is 344 g/mol. The average Bonchev–Trinajstić information content (AvgIpc) is 2.01. The van der Waals surface area contributed by atoms with Crippen molar-refractivity contribution in [3.8, 4) is 0 Å². The van der Waals surface area contributed by atoms with Gasteiger partial charge in [-0.15, -0.1) is 23.2 Å². The predicted octanol–water partition coefficient (Wildman–Crippen LogP) is 3.75. The Kier molecular flexibility index (Phi) is 4.50. The molecule has 0 amide bonds. The van der Waals surface area contributed by atoms with Gasteiger partial charge in [0.2, 0.25) is 0 Å². The summed E-state index contributed by atoms with van der Waals surface area (Å²) in [5.41, 5.74) is 2.88. The van der Waals surface area contributed by atoms with Crippen LogP contribution >= 0.6 is 45.8 Å². The van der Waals surface area contributed by atoms with E-state index in [9.17, 15) is 5.11 Å². The lowest BCUT2D eigenvalue weighted by molar-refractivity contribution is 0.191. The highest BCUT2D eigenvalue weighted by atomic mass is 127. The molecule has 1 nitrogen and oxygen atoms in total. The number of hydrogen-bond donors (Lipinski definition) is 1. The Labute approximate surface area is 108 Å². The summed E-state index contributed by atoms with van der Waals surface area (Å²) in [6, 6.07) is 4.00. The molecule has 14 heavy (non-hydrogen) atoms. The molecule has 1 aromatic rings. The van der Waals surface area contributed by atoms with E-state index >= 15 is 0 Å². The molecular weight excluding hydrogens is 334 g/mol. The van der Waals surface area contributed by atoms with E-state index in [1.807, 2.05) is 26.0 Å². The van der Waals surface area contributed by atoms with Crippen LogP contribution < -0.4 is 0 Å². The lowest BCUT2D eigenvalue weighted by Gasteiger charge is -2.17. The molecule has 0 aliphatic carbocycles. The number of halogens is 3. The molecule has 0 aromatic heterocycles. The van der Waals surface area contributed by atoms with Gasteiger partial charge in [0.05, 0.1) is 0 Å². The van der Waals surface area contributed by atoms with E-state index in [0.29, 0.717) is 0 Å². The highest BCUT2D eigenvalue weighted by molar-refractivity contribution is 14.1. The molecule has 0 saturated carbocycles. The molecule has 1 aromatic carbocycles. The standard InChI is InChI=1S/C10H11Cl2IO/c1-5-3-7(13)4-6(2)8(5)9(14)10(11)12/h3-4,9-10,14H,1-2H3. The highest BCUT2D eigenvalue weighted by Gasteiger charge is 2.19. The van der Waals surface area contributed by atoms with Gasteiger partial charge >= 0.3 is 0 Å². The van der Waals surface area contributed by atoms with Gasteiger partial charge in [0.1, 0.15) is 10.9 Å². The van der Waals surface area contributed by atoms with Crippen LogP contribution in [0.5, 0.6) is 0 Å². The minimum Gasteiger partial charge on any atom is -0.386 e. The van der Waals surface area contributed by atoms with E-state index in [1.165, 1.54) is 0 Å². The Hall–Kier alpha value is 0.490. The Bertz CT molecular complexity index is 316. The number of hydrogen-bond acceptors (Lipinski definition) is 1. The van der Waals surface area contributed by atoms with Gasteiger partial charge in [-0.1, -0.05) is 0 Å². The number of aryl methyl sites for hydroxylation is 2. The van der Waals surface area contributed by atoms with E-state index in [-0.39, 0.29) is 0 Å². The first kappa shape index (κ1) is 12.6. The van der Waals surface area contributed by atoms with Crippen molar-refractivity contribution < 1.29 is 5.11 Å². The summed E-state index contributed by atoms with van der Waals surface area (Å²) in [6.07, 6.45) is -0.810. The maximum absolute atomic E-state index is 9.78. The van der Waals surface area contributed by atoms with Gasteiger partial charge in [-0.25, -0.2) is 0 Å². The Balaban J connectivity index is 3.20. The van der Waals surface area contributed by atoms with Crippen molar-refractivity contribution in [1.29, 1.82) is 0 Å². The van der Waals surface area contributed by atoms with E-state index in [0.717, 1.165) is 20.3 Å². The van der Waals surface area contributed by atoms with Gasteiger partial charge in [-0.3, -0.25) is 0 Å². The largest absolute Gasteiger partial charge is 0.386 e. The molecular formula is C10H11Cl2IO. The molecule has 4 heteroatoms. The number of benzene rings is 1.